The quantitative estimate of drug-likeness (QED) is 0.757. The summed E-state index contributed by atoms with van der Waals surface area (Å²) in [7, 11) is 0. The molecule has 1 amide bonds. The third-order valence-electron chi connectivity index (χ3n) is 3.55. The average molecular weight is 250 g/mol. The number of amides is 1. The number of rotatable bonds is 4. The molecule has 1 fully saturated rings. The molecule has 0 aliphatic carbocycles. The van der Waals surface area contributed by atoms with Gasteiger partial charge in [-0.25, -0.2) is 4.39 Å². The van der Waals surface area contributed by atoms with Crippen LogP contribution in [0.2, 0.25) is 0 Å². The van der Waals surface area contributed by atoms with Gasteiger partial charge in [0.05, 0.1) is 0 Å². The summed E-state index contributed by atoms with van der Waals surface area (Å²) in [5.41, 5.74) is 1.15. The second-order valence-electron chi connectivity index (χ2n) is 4.86. The first kappa shape index (κ1) is 13.0. The first-order valence-electron chi connectivity index (χ1n) is 6.37. The number of nitrogens with zero attached hydrogens (tertiary/aromatic N) is 2. The van der Waals surface area contributed by atoms with Crippen molar-refractivity contribution in [2.45, 2.75) is 19.4 Å². The maximum Gasteiger partial charge on any atom is 0.209 e. The van der Waals surface area contributed by atoms with Gasteiger partial charge in [-0.2, -0.15) is 0 Å². The molecule has 0 bridgehead atoms. The molecule has 4 heteroatoms. The van der Waals surface area contributed by atoms with Crippen LogP contribution in [0.1, 0.15) is 12.5 Å². The summed E-state index contributed by atoms with van der Waals surface area (Å²) < 4.78 is 12.8. The molecule has 1 atom stereocenters. The van der Waals surface area contributed by atoms with Crippen molar-refractivity contribution < 1.29 is 9.18 Å². The highest BCUT2D eigenvalue weighted by Gasteiger charge is 2.21. The van der Waals surface area contributed by atoms with Crippen LogP contribution in [0.3, 0.4) is 0 Å². The van der Waals surface area contributed by atoms with E-state index in [4.69, 9.17) is 0 Å². The Balaban J connectivity index is 1.83. The minimum Gasteiger partial charge on any atom is -0.342 e. The summed E-state index contributed by atoms with van der Waals surface area (Å²) >= 11 is 0. The molecule has 0 N–H and O–H groups in total. The number of carbonyl (C=O) groups excluding carboxylic acids is 1. The second-order valence-corrected chi connectivity index (χ2v) is 4.86. The van der Waals surface area contributed by atoms with Crippen molar-refractivity contribution in [1.29, 1.82) is 0 Å². The molecule has 1 aromatic rings. The van der Waals surface area contributed by atoms with Crippen LogP contribution >= 0.6 is 0 Å². The van der Waals surface area contributed by atoms with Crippen LogP contribution in [0.15, 0.2) is 24.3 Å². The summed E-state index contributed by atoms with van der Waals surface area (Å²) in [4.78, 5) is 14.9. The fourth-order valence-corrected chi connectivity index (χ4v) is 2.38. The Morgan fingerprint density at radius 3 is 2.67 bits per heavy atom. The Bertz CT molecular complexity index is 393. The van der Waals surface area contributed by atoms with Crippen molar-refractivity contribution in [3.05, 3.63) is 35.6 Å². The highest BCUT2D eigenvalue weighted by Crippen LogP contribution is 2.10. The molecule has 1 heterocycles. The third-order valence-corrected chi connectivity index (χ3v) is 3.55. The van der Waals surface area contributed by atoms with Crippen LogP contribution in [0, 0.1) is 5.82 Å². The van der Waals surface area contributed by atoms with Gasteiger partial charge in [0.1, 0.15) is 5.82 Å². The minimum absolute atomic E-state index is 0.188. The van der Waals surface area contributed by atoms with Crippen LogP contribution in [0.25, 0.3) is 0 Å². The summed E-state index contributed by atoms with van der Waals surface area (Å²) in [6.45, 7) is 5.62. The van der Waals surface area contributed by atoms with Gasteiger partial charge in [-0.05, 0) is 31.0 Å². The van der Waals surface area contributed by atoms with Gasteiger partial charge in [-0.3, -0.25) is 9.69 Å². The normalized spacial score (nSPS) is 21.0. The standard InChI is InChI=1S/C14H19FN2O/c1-12-10-16(11-18)8-9-17(12)7-6-13-2-4-14(15)5-3-13/h2-5,11-12H,6-10H2,1H3/t12-/m1/s1. The van der Waals surface area contributed by atoms with Gasteiger partial charge in [-0.15, -0.1) is 0 Å². The average Bonchev–Trinajstić information content (AvgIpc) is 2.39. The lowest BCUT2D eigenvalue weighted by atomic mass is 10.1. The number of hydrogen-bond donors (Lipinski definition) is 0. The predicted octanol–water partition coefficient (Wildman–Crippen LogP) is 1.53. The predicted molar refractivity (Wildman–Crippen MR) is 68.8 cm³/mol. The van der Waals surface area contributed by atoms with Crippen LogP contribution in [0.4, 0.5) is 4.39 Å². The molecule has 2 rings (SSSR count). The molecule has 0 saturated carbocycles. The number of carbonyl (C=O) groups is 1. The van der Waals surface area contributed by atoms with Crippen LogP contribution in [0.5, 0.6) is 0 Å². The van der Waals surface area contributed by atoms with E-state index in [1.165, 1.54) is 12.1 Å². The van der Waals surface area contributed by atoms with E-state index in [9.17, 15) is 9.18 Å². The molecular formula is C14H19FN2O. The van der Waals surface area contributed by atoms with Gasteiger partial charge >= 0.3 is 0 Å². The number of halogens is 1. The van der Waals surface area contributed by atoms with E-state index in [1.807, 2.05) is 17.0 Å². The fraction of sp³-hybridized carbons (Fsp3) is 0.500. The molecule has 1 aliphatic heterocycles. The van der Waals surface area contributed by atoms with Gasteiger partial charge in [0, 0.05) is 32.2 Å². The van der Waals surface area contributed by atoms with E-state index in [2.05, 4.69) is 11.8 Å². The minimum atomic E-state index is -0.188. The summed E-state index contributed by atoms with van der Waals surface area (Å²) in [6, 6.07) is 7.07. The van der Waals surface area contributed by atoms with Crippen molar-refractivity contribution >= 4 is 6.41 Å². The van der Waals surface area contributed by atoms with Crippen molar-refractivity contribution in [2.75, 3.05) is 26.2 Å². The SMILES string of the molecule is C[C@@H]1CN(C=O)CCN1CCc1ccc(F)cc1. The number of piperazine rings is 1. The van der Waals surface area contributed by atoms with E-state index < -0.39 is 0 Å². The fourth-order valence-electron chi connectivity index (χ4n) is 2.38. The monoisotopic (exact) mass is 250 g/mol. The summed E-state index contributed by atoms with van der Waals surface area (Å²) in [5.74, 6) is -0.188. The molecule has 0 unspecified atom stereocenters. The third kappa shape index (κ3) is 3.29. The first-order valence-corrected chi connectivity index (χ1v) is 6.37. The maximum atomic E-state index is 12.8. The van der Waals surface area contributed by atoms with Crippen LogP contribution in [-0.4, -0.2) is 48.4 Å². The smallest absolute Gasteiger partial charge is 0.209 e. The zero-order chi connectivity index (χ0) is 13.0. The Morgan fingerprint density at radius 2 is 2.06 bits per heavy atom. The van der Waals surface area contributed by atoms with Crippen LogP contribution in [-0.2, 0) is 11.2 Å². The molecule has 0 spiro atoms. The Morgan fingerprint density at radius 1 is 1.33 bits per heavy atom. The lowest BCUT2D eigenvalue weighted by Crippen LogP contribution is -2.51. The Kier molecular flexibility index (Phi) is 4.31. The number of benzene rings is 1. The molecule has 1 saturated heterocycles. The molecule has 0 aromatic heterocycles. The van der Waals surface area contributed by atoms with Gasteiger partial charge in [0.2, 0.25) is 6.41 Å². The molecular weight excluding hydrogens is 231 g/mol. The first-order chi connectivity index (χ1) is 8.69. The molecule has 1 aromatic carbocycles. The van der Waals surface area contributed by atoms with E-state index in [-0.39, 0.29) is 5.82 Å². The van der Waals surface area contributed by atoms with E-state index in [0.29, 0.717) is 6.04 Å². The van der Waals surface area contributed by atoms with Crippen LogP contribution < -0.4 is 0 Å². The Labute approximate surface area is 107 Å². The lowest BCUT2D eigenvalue weighted by Gasteiger charge is -2.38. The number of hydrogen-bond acceptors (Lipinski definition) is 2. The van der Waals surface area contributed by atoms with Crippen molar-refractivity contribution in [3.8, 4) is 0 Å². The molecule has 0 radical (unpaired) electrons. The largest absolute Gasteiger partial charge is 0.342 e. The molecule has 3 nitrogen and oxygen atoms in total. The highest BCUT2D eigenvalue weighted by molar-refractivity contribution is 5.47. The van der Waals surface area contributed by atoms with Gasteiger partial charge in [0.15, 0.2) is 0 Å². The molecule has 98 valence electrons. The zero-order valence-corrected chi connectivity index (χ0v) is 10.7. The van der Waals surface area contributed by atoms with Crippen molar-refractivity contribution in [2.24, 2.45) is 0 Å². The van der Waals surface area contributed by atoms with Crippen molar-refractivity contribution in [1.82, 2.24) is 9.80 Å². The zero-order valence-electron chi connectivity index (χ0n) is 10.7. The topological polar surface area (TPSA) is 23.6 Å². The van der Waals surface area contributed by atoms with Gasteiger partial charge < -0.3 is 4.90 Å². The van der Waals surface area contributed by atoms with Gasteiger partial charge in [0.25, 0.3) is 0 Å². The van der Waals surface area contributed by atoms with Gasteiger partial charge in [-0.1, -0.05) is 12.1 Å². The Hall–Kier alpha value is -1.42. The van der Waals surface area contributed by atoms with E-state index in [1.54, 1.807) is 0 Å². The highest BCUT2D eigenvalue weighted by atomic mass is 19.1. The summed E-state index contributed by atoms with van der Waals surface area (Å²) in [5, 5.41) is 0. The van der Waals surface area contributed by atoms with E-state index >= 15 is 0 Å². The summed E-state index contributed by atoms with van der Waals surface area (Å²) in [6.07, 6.45) is 1.85. The maximum absolute atomic E-state index is 12.8. The lowest BCUT2D eigenvalue weighted by molar-refractivity contribution is -0.120. The van der Waals surface area contributed by atoms with Crippen molar-refractivity contribution in [3.63, 3.8) is 0 Å². The second kappa shape index (κ2) is 5.96. The molecule has 1 aliphatic rings. The van der Waals surface area contributed by atoms with E-state index in [0.717, 1.165) is 44.6 Å². The molecule has 18 heavy (non-hydrogen) atoms.